The number of thiophene rings is 1. The molecule has 1 saturated heterocycles. The van der Waals surface area contributed by atoms with Crippen molar-refractivity contribution in [2.45, 2.75) is 18.9 Å². The third kappa shape index (κ3) is 4.03. The molecule has 2 N–H and O–H groups in total. The molecule has 1 aromatic rings. The molecule has 1 unspecified atom stereocenters. The summed E-state index contributed by atoms with van der Waals surface area (Å²) in [5.41, 5.74) is 0. The van der Waals surface area contributed by atoms with Crippen molar-refractivity contribution in [3.05, 3.63) is 22.4 Å². The Labute approximate surface area is 119 Å². The summed E-state index contributed by atoms with van der Waals surface area (Å²) in [6, 6.07) is 4.46. The summed E-state index contributed by atoms with van der Waals surface area (Å²) >= 11 is 1.74. The molecule has 1 aromatic heterocycles. The number of hydrogen-bond acceptors (Lipinski definition) is 4. The lowest BCUT2D eigenvalue weighted by Gasteiger charge is -2.26. The second kappa shape index (κ2) is 7.03. The van der Waals surface area contributed by atoms with Crippen LogP contribution in [0.3, 0.4) is 0 Å². The number of piperidine rings is 1. The van der Waals surface area contributed by atoms with Gasteiger partial charge in [0.25, 0.3) is 0 Å². The lowest BCUT2D eigenvalue weighted by molar-refractivity contribution is -0.125. The maximum atomic E-state index is 12.1. The fourth-order valence-electron chi connectivity index (χ4n) is 2.44. The first-order valence-corrected chi connectivity index (χ1v) is 7.74. The number of likely N-dealkylation sites (N-methyl/N-ethyl adjacent to an activating group) is 1. The summed E-state index contributed by atoms with van der Waals surface area (Å²) in [5.74, 6) is 0.400. The number of carbonyl (C=O) groups excluding carboxylic acids is 1. The van der Waals surface area contributed by atoms with Crippen LogP contribution in [0.4, 0.5) is 0 Å². The summed E-state index contributed by atoms with van der Waals surface area (Å²) in [4.78, 5) is 15.6. The number of nitrogens with one attached hydrogen (secondary N) is 2. The molecule has 4 nitrogen and oxygen atoms in total. The Morgan fingerprint density at radius 1 is 1.53 bits per heavy atom. The maximum absolute atomic E-state index is 12.1. The molecule has 0 radical (unpaired) electrons. The van der Waals surface area contributed by atoms with Gasteiger partial charge in [0.1, 0.15) is 0 Å². The van der Waals surface area contributed by atoms with E-state index in [9.17, 15) is 4.79 Å². The van der Waals surface area contributed by atoms with E-state index in [1.807, 2.05) is 0 Å². The van der Waals surface area contributed by atoms with E-state index in [-0.39, 0.29) is 17.9 Å². The van der Waals surface area contributed by atoms with Crippen LogP contribution in [-0.4, -0.2) is 44.5 Å². The Morgan fingerprint density at radius 2 is 2.26 bits per heavy atom. The molecule has 2 heterocycles. The topological polar surface area (TPSA) is 44.4 Å². The standard InChI is InChI=1S/C14H23N3OS/c1-17(2)12(13-4-3-9-19-13)10-16-14(18)11-5-7-15-8-6-11/h3-4,9,11-12,15H,5-8,10H2,1-2H3,(H,16,18). The summed E-state index contributed by atoms with van der Waals surface area (Å²) in [6.07, 6.45) is 1.91. The minimum Gasteiger partial charge on any atom is -0.354 e. The molecule has 1 amide bonds. The Hall–Kier alpha value is -0.910. The number of hydrogen-bond donors (Lipinski definition) is 2. The van der Waals surface area contributed by atoms with E-state index in [1.165, 1.54) is 4.88 Å². The van der Waals surface area contributed by atoms with Crippen molar-refractivity contribution in [1.82, 2.24) is 15.5 Å². The third-order valence-corrected chi connectivity index (χ3v) is 4.65. The van der Waals surface area contributed by atoms with Gasteiger partial charge in [0.05, 0.1) is 6.04 Å². The molecular formula is C14H23N3OS. The molecule has 106 valence electrons. The highest BCUT2D eigenvalue weighted by atomic mass is 32.1. The van der Waals surface area contributed by atoms with E-state index in [4.69, 9.17) is 0 Å². The first-order chi connectivity index (χ1) is 9.18. The summed E-state index contributed by atoms with van der Waals surface area (Å²) in [5, 5.41) is 8.49. The molecule has 19 heavy (non-hydrogen) atoms. The van der Waals surface area contributed by atoms with Crippen LogP contribution in [0.5, 0.6) is 0 Å². The van der Waals surface area contributed by atoms with E-state index < -0.39 is 0 Å². The summed E-state index contributed by atoms with van der Waals surface area (Å²) < 4.78 is 0. The summed E-state index contributed by atoms with van der Waals surface area (Å²) in [6.45, 7) is 2.61. The Balaban J connectivity index is 1.86. The quantitative estimate of drug-likeness (QED) is 0.859. The minimum absolute atomic E-state index is 0.187. The van der Waals surface area contributed by atoms with Gasteiger partial charge in [-0.05, 0) is 51.5 Å². The van der Waals surface area contributed by atoms with Gasteiger partial charge in [-0.25, -0.2) is 0 Å². The van der Waals surface area contributed by atoms with Crippen LogP contribution in [0.25, 0.3) is 0 Å². The van der Waals surface area contributed by atoms with Crippen molar-refractivity contribution in [3.63, 3.8) is 0 Å². The average molecular weight is 281 g/mol. The van der Waals surface area contributed by atoms with Gasteiger partial charge in [-0.3, -0.25) is 4.79 Å². The Kier molecular flexibility index (Phi) is 5.36. The SMILES string of the molecule is CN(C)C(CNC(=O)C1CCNCC1)c1cccs1. The molecule has 5 heteroatoms. The Bertz CT molecular complexity index is 385. The van der Waals surface area contributed by atoms with Crippen LogP contribution in [-0.2, 0) is 4.79 Å². The number of rotatable bonds is 5. The highest BCUT2D eigenvalue weighted by Gasteiger charge is 2.22. The van der Waals surface area contributed by atoms with Crippen molar-refractivity contribution in [2.24, 2.45) is 5.92 Å². The molecule has 1 fully saturated rings. The molecular weight excluding hydrogens is 258 g/mol. The maximum Gasteiger partial charge on any atom is 0.223 e. The van der Waals surface area contributed by atoms with Gasteiger partial charge in [0.2, 0.25) is 5.91 Å². The van der Waals surface area contributed by atoms with Gasteiger partial charge in [-0.15, -0.1) is 11.3 Å². The molecule has 1 aliphatic rings. The van der Waals surface area contributed by atoms with Crippen molar-refractivity contribution in [2.75, 3.05) is 33.7 Å². The van der Waals surface area contributed by atoms with Crippen LogP contribution in [0.2, 0.25) is 0 Å². The molecule has 0 bridgehead atoms. The van der Waals surface area contributed by atoms with Gasteiger partial charge in [0.15, 0.2) is 0 Å². The molecule has 0 saturated carbocycles. The minimum atomic E-state index is 0.187. The van der Waals surface area contributed by atoms with Crippen molar-refractivity contribution >= 4 is 17.2 Å². The van der Waals surface area contributed by atoms with E-state index in [1.54, 1.807) is 11.3 Å². The van der Waals surface area contributed by atoms with Crippen LogP contribution in [0, 0.1) is 5.92 Å². The zero-order valence-corrected chi connectivity index (χ0v) is 12.5. The van der Waals surface area contributed by atoms with Crippen molar-refractivity contribution in [3.8, 4) is 0 Å². The predicted molar refractivity (Wildman–Crippen MR) is 79.4 cm³/mol. The zero-order chi connectivity index (χ0) is 13.7. The van der Waals surface area contributed by atoms with E-state index in [0.29, 0.717) is 6.54 Å². The van der Waals surface area contributed by atoms with Crippen molar-refractivity contribution in [1.29, 1.82) is 0 Å². The molecule has 0 aliphatic carbocycles. The predicted octanol–water partition coefficient (Wildman–Crippen LogP) is 1.47. The number of nitrogens with zero attached hydrogens (tertiary/aromatic N) is 1. The third-order valence-electron chi connectivity index (χ3n) is 3.67. The largest absolute Gasteiger partial charge is 0.354 e. The van der Waals surface area contributed by atoms with Gasteiger partial charge >= 0.3 is 0 Å². The first kappa shape index (κ1) is 14.5. The van der Waals surface area contributed by atoms with Crippen LogP contribution in [0.1, 0.15) is 23.8 Å². The van der Waals surface area contributed by atoms with Crippen molar-refractivity contribution < 1.29 is 4.79 Å². The van der Waals surface area contributed by atoms with Gasteiger partial charge in [0, 0.05) is 17.3 Å². The second-order valence-corrected chi connectivity index (χ2v) is 6.24. The van der Waals surface area contributed by atoms with Gasteiger partial charge in [-0.2, -0.15) is 0 Å². The molecule has 2 rings (SSSR count). The normalized spacial score (nSPS) is 18.5. The highest BCUT2D eigenvalue weighted by Crippen LogP contribution is 2.22. The summed E-state index contributed by atoms with van der Waals surface area (Å²) in [7, 11) is 4.11. The number of carbonyl (C=O) groups is 1. The molecule has 1 aliphatic heterocycles. The van der Waals surface area contributed by atoms with Gasteiger partial charge in [-0.1, -0.05) is 6.07 Å². The zero-order valence-electron chi connectivity index (χ0n) is 11.7. The van der Waals surface area contributed by atoms with Crippen LogP contribution < -0.4 is 10.6 Å². The molecule has 0 aromatic carbocycles. The Morgan fingerprint density at radius 3 is 2.84 bits per heavy atom. The first-order valence-electron chi connectivity index (χ1n) is 6.86. The highest BCUT2D eigenvalue weighted by molar-refractivity contribution is 7.10. The fourth-order valence-corrected chi connectivity index (χ4v) is 3.37. The average Bonchev–Trinajstić information content (AvgIpc) is 2.93. The van der Waals surface area contributed by atoms with E-state index in [2.05, 4.69) is 47.1 Å². The monoisotopic (exact) mass is 281 g/mol. The lowest BCUT2D eigenvalue weighted by atomic mass is 9.97. The van der Waals surface area contributed by atoms with Crippen LogP contribution >= 0.6 is 11.3 Å². The molecule has 0 spiro atoms. The fraction of sp³-hybridized carbons (Fsp3) is 0.643. The smallest absolute Gasteiger partial charge is 0.223 e. The number of amides is 1. The van der Waals surface area contributed by atoms with E-state index in [0.717, 1.165) is 25.9 Å². The van der Waals surface area contributed by atoms with Crippen LogP contribution in [0.15, 0.2) is 17.5 Å². The van der Waals surface area contributed by atoms with E-state index >= 15 is 0 Å². The second-order valence-electron chi connectivity index (χ2n) is 5.26. The molecule has 1 atom stereocenters. The van der Waals surface area contributed by atoms with Gasteiger partial charge < -0.3 is 15.5 Å². The lowest BCUT2D eigenvalue weighted by Crippen LogP contribution is -2.41.